The molecule has 0 fully saturated rings. The van der Waals surface area contributed by atoms with Crippen LogP contribution in [-0.2, 0) is 11.3 Å². The molecule has 0 aliphatic heterocycles. The number of ether oxygens (including phenoxy) is 3. The SMILES string of the molecule is COC(=O)c1ccc(COc2ccc(OC)cc2C(C)C)cc1. The molecule has 0 aliphatic carbocycles. The van der Waals surface area contributed by atoms with Gasteiger partial charge in [0.05, 0.1) is 19.8 Å². The average molecular weight is 314 g/mol. The van der Waals surface area contributed by atoms with E-state index in [1.54, 1.807) is 19.2 Å². The molecular weight excluding hydrogens is 292 g/mol. The topological polar surface area (TPSA) is 44.8 Å². The predicted octanol–water partition coefficient (Wildman–Crippen LogP) is 4.18. The van der Waals surface area contributed by atoms with Gasteiger partial charge >= 0.3 is 5.97 Å². The third-order valence-corrected chi connectivity index (χ3v) is 3.61. The molecule has 4 heteroatoms. The molecule has 0 aromatic heterocycles. The molecule has 0 spiro atoms. The molecule has 0 aliphatic rings. The molecule has 122 valence electrons. The highest BCUT2D eigenvalue weighted by molar-refractivity contribution is 5.89. The molecule has 23 heavy (non-hydrogen) atoms. The summed E-state index contributed by atoms with van der Waals surface area (Å²) in [6, 6.07) is 13.0. The van der Waals surface area contributed by atoms with E-state index in [1.807, 2.05) is 30.3 Å². The molecule has 0 amide bonds. The van der Waals surface area contributed by atoms with Gasteiger partial charge in [-0.25, -0.2) is 4.79 Å². The van der Waals surface area contributed by atoms with Crippen molar-refractivity contribution in [3.8, 4) is 11.5 Å². The first-order chi connectivity index (χ1) is 11.0. The van der Waals surface area contributed by atoms with Crippen molar-refractivity contribution < 1.29 is 19.0 Å². The maximum atomic E-state index is 11.4. The Morgan fingerprint density at radius 1 is 1.04 bits per heavy atom. The zero-order valence-corrected chi connectivity index (χ0v) is 14.0. The molecule has 0 N–H and O–H groups in total. The highest BCUT2D eigenvalue weighted by Gasteiger charge is 2.10. The van der Waals surface area contributed by atoms with Crippen molar-refractivity contribution in [1.82, 2.24) is 0 Å². The maximum Gasteiger partial charge on any atom is 0.337 e. The molecule has 0 bridgehead atoms. The Kier molecular flexibility index (Phi) is 5.63. The molecule has 2 rings (SSSR count). The first-order valence-electron chi connectivity index (χ1n) is 7.53. The van der Waals surface area contributed by atoms with Crippen LogP contribution in [-0.4, -0.2) is 20.2 Å². The van der Waals surface area contributed by atoms with Crippen LogP contribution in [0.25, 0.3) is 0 Å². The van der Waals surface area contributed by atoms with E-state index in [9.17, 15) is 4.79 Å². The van der Waals surface area contributed by atoms with E-state index in [4.69, 9.17) is 9.47 Å². The van der Waals surface area contributed by atoms with E-state index in [1.165, 1.54) is 7.11 Å². The Bertz CT molecular complexity index is 660. The minimum absolute atomic E-state index is 0.335. The number of esters is 1. The van der Waals surface area contributed by atoms with Crippen molar-refractivity contribution in [3.63, 3.8) is 0 Å². The van der Waals surface area contributed by atoms with Gasteiger partial charge in [0.15, 0.2) is 0 Å². The van der Waals surface area contributed by atoms with Gasteiger partial charge in [-0.3, -0.25) is 0 Å². The predicted molar refractivity (Wildman–Crippen MR) is 89.2 cm³/mol. The molecule has 2 aromatic carbocycles. The highest BCUT2D eigenvalue weighted by Crippen LogP contribution is 2.30. The van der Waals surface area contributed by atoms with Gasteiger partial charge in [-0.05, 0) is 41.8 Å². The first-order valence-corrected chi connectivity index (χ1v) is 7.53. The number of carbonyl (C=O) groups is 1. The lowest BCUT2D eigenvalue weighted by Gasteiger charge is -2.15. The van der Waals surface area contributed by atoms with Crippen LogP contribution in [0, 0.1) is 0 Å². The van der Waals surface area contributed by atoms with Crippen LogP contribution < -0.4 is 9.47 Å². The van der Waals surface area contributed by atoms with Gasteiger partial charge in [0, 0.05) is 5.56 Å². The molecule has 0 atom stereocenters. The van der Waals surface area contributed by atoms with E-state index in [2.05, 4.69) is 18.6 Å². The van der Waals surface area contributed by atoms with Crippen molar-refractivity contribution >= 4 is 5.97 Å². The summed E-state index contributed by atoms with van der Waals surface area (Å²) >= 11 is 0. The normalized spacial score (nSPS) is 10.5. The second kappa shape index (κ2) is 7.68. The van der Waals surface area contributed by atoms with Crippen molar-refractivity contribution in [2.45, 2.75) is 26.4 Å². The largest absolute Gasteiger partial charge is 0.497 e. The number of methoxy groups -OCH3 is 2. The quantitative estimate of drug-likeness (QED) is 0.750. The second-order valence-corrected chi connectivity index (χ2v) is 5.54. The zero-order valence-electron chi connectivity index (χ0n) is 14.0. The molecule has 0 unspecified atom stereocenters. The second-order valence-electron chi connectivity index (χ2n) is 5.54. The summed E-state index contributed by atoms with van der Waals surface area (Å²) in [5.74, 6) is 1.66. The van der Waals surface area contributed by atoms with E-state index in [0.29, 0.717) is 18.1 Å². The fraction of sp³-hybridized carbons (Fsp3) is 0.316. The summed E-state index contributed by atoms with van der Waals surface area (Å²) in [7, 11) is 3.03. The van der Waals surface area contributed by atoms with Gasteiger partial charge in [0.1, 0.15) is 18.1 Å². The van der Waals surface area contributed by atoms with E-state index >= 15 is 0 Å². The van der Waals surface area contributed by atoms with Crippen molar-refractivity contribution in [1.29, 1.82) is 0 Å². The molecule has 0 radical (unpaired) electrons. The number of rotatable bonds is 6. The van der Waals surface area contributed by atoms with Crippen molar-refractivity contribution in [2.24, 2.45) is 0 Å². The van der Waals surface area contributed by atoms with Gasteiger partial charge < -0.3 is 14.2 Å². The summed E-state index contributed by atoms with van der Waals surface area (Å²) in [4.78, 5) is 11.4. The molecule has 0 heterocycles. The van der Waals surface area contributed by atoms with Crippen LogP contribution in [0.3, 0.4) is 0 Å². The van der Waals surface area contributed by atoms with E-state index < -0.39 is 0 Å². The summed E-state index contributed by atoms with van der Waals surface area (Å²) < 4.78 is 15.9. The number of benzene rings is 2. The van der Waals surface area contributed by atoms with Gasteiger partial charge in [-0.1, -0.05) is 26.0 Å². The number of hydrogen-bond acceptors (Lipinski definition) is 4. The maximum absolute atomic E-state index is 11.4. The molecular formula is C19H22O4. The third kappa shape index (κ3) is 4.25. The molecule has 2 aromatic rings. The Hall–Kier alpha value is -2.49. The van der Waals surface area contributed by atoms with E-state index in [0.717, 1.165) is 22.6 Å². The Morgan fingerprint density at radius 3 is 2.30 bits per heavy atom. The first kappa shape index (κ1) is 16.9. The number of hydrogen-bond donors (Lipinski definition) is 0. The summed E-state index contributed by atoms with van der Waals surface area (Å²) in [5.41, 5.74) is 2.63. The summed E-state index contributed by atoms with van der Waals surface area (Å²) in [6.07, 6.45) is 0. The monoisotopic (exact) mass is 314 g/mol. The Labute approximate surface area is 137 Å². The van der Waals surface area contributed by atoms with Gasteiger partial charge in [0.2, 0.25) is 0 Å². The lowest BCUT2D eigenvalue weighted by molar-refractivity contribution is 0.0600. The Balaban J connectivity index is 2.10. The van der Waals surface area contributed by atoms with Crippen LogP contribution in [0.1, 0.15) is 41.3 Å². The molecule has 0 saturated heterocycles. The fourth-order valence-corrected chi connectivity index (χ4v) is 2.25. The smallest absolute Gasteiger partial charge is 0.337 e. The van der Waals surface area contributed by atoms with Crippen LogP contribution in [0.4, 0.5) is 0 Å². The van der Waals surface area contributed by atoms with Crippen LogP contribution in [0.15, 0.2) is 42.5 Å². The minimum Gasteiger partial charge on any atom is -0.497 e. The lowest BCUT2D eigenvalue weighted by atomic mass is 10.0. The minimum atomic E-state index is -0.338. The van der Waals surface area contributed by atoms with Gasteiger partial charge in [0.25, 0.3) is 0 Å². The standard InChI is InChI=1S/C19H22O4/c1-13(2)17-11-16(21-3)9-10-18(17)23-12-14-5-7-15(8-6-14)19(20)22-4/h5-11,13H,12H2,1-4H3. The molecule has 0 saturated carbocycles. The van der Waals surface area contributed by atoms with E-state index in [-0.39, 0.29) is 5.97 Å². The van der Waals surface area contributed by atoms with Crippen LogP contribution in [0.5, 0.6) is 11.5 Å². The van der Waals surface area contributed by atoms with Crippen molar-refractivity contribution in [3.05, 3.63) is 59.2 Å². The Morgan fingerprint density at radius 2 is 1.74 bits per heavy atom. The number of carbonyl (C=O) groups excluding carboxylic acids is 1. The van der Waals surface area contributed by atoms with Gasteiger partial charge in [-0.15, -0.1) is 0 Å². The summed E-state index contributed by atoms with van der Waals surface area (Å²) in [5, 5.41) is 0. The average Bonchev–Trinajstić information content (AvgIpc) is 2.59. The summed E-state index contributed by atoms with van der Waals surface area (Å²) in [6.45, 7) is 4.67. The van der Waals surface area contributed by atoms with Gasteiger partial charge in [-0.2, -0.15) is 0 Å². The molecule has 4 nitrogen and oxygen atoms in total. The van der Waals surface area contributed by atoms with Crippen LogP contribution in [0.2, 0.25) is 0 Å². The van der Waals surface area contributed by atoms with Crippen molar-refractivity contribution in [2.75, 3.05) is 14.2 Å². The lowest BCUT2D eigenvalue weighted by Crippen LogP contribution is -2.03. The fourth-order valence-electron chi connectivity index (χ4n) is 2.25. The zero-order chi connectivity index (χ0) is 16.8. The highest BCUT2D eigenvalue weighted by atomic mass is 16.5. The third-order valence-electron chi connectivity index (χ3n) is 3.61. The van der Waals surface area contributed by atoms with Crippen LogP contribution >= 0.6 is 0 Å².